The molecule has 2 aliphatic heterocycles. The van der Waals surface area contributed by atoms with Gasteiger partial charge in [-0.05, 0) is 56.8 Å². The molecule has 2 aliphatic rings. The summed E-state index contributed by atoms with van der Waals surface area (Å²) >= 11 is 0. The van der Waals surface area contributed by atoms with Crippen molar-refractivity contribution in [1.29, 1.82) is 0 Å². The summed E-state index contributed by atoms with van der Waals surface area (Å²) in [5.41, 5.74) is 1.18. The smallest absolute Gasteiger partial charge is 0.325 e. The maximum atomic E-state index is 12.8. The van der Waals surface area contributed by atoms with Crippen molar-refractivity contribution in [3.8, 4) is 0 Å². The lowest BCUT2D eigenvalue weighted by molar-refractivity contribution is -0.136. The second-order valence-corrected chi connectivity index (χ2v) is 7.25. The molecular weight excluding hydrogens is 332 g/mol. The van der Waals surface area contributed by atoms with E-state index in [9.17, 15) is 14.4 Å². The van der Waals surface area contributed by atoms with Gasteiger partial charge in [-0.25, -0.2) is 4.79 Å². The summed E-state index contributed by atoms with van der Waals surface area (Å²) in [5.74, 6) is -0.563. The fourth-order valence-corrected chi connectivity index (χ4v) is 3.74. The third kappa shape index (κ3) is 3.58. The summed E-state index contributed by atoms with van der Waals surface area (Å²) in [7, 11) is 0. The van der Waals surface area contributed by atoms with Crippen molar-refractivity contribution in [2.75, 3.05) is 19.6 Å². The molecule has 26 heavy (non-hydrogen) atoms. The number of hydrogen-bond acceptors (Lipinski definition) is 4. The van der Waals surface area contributed by atoms with E-state index in [0.717, 1.165) is 42.0 Å². The van der Waals surface area contributed by atoms with Gasteiger partial charge < -0.3 is 16.0 Å². The minimum atomic E-state index is -0.921. The van der Waals surface area contributed by atoms with Crippen molar-refractivity contribution in [2.45, 2.75) is 38.8 Å². The van der Waals surface area contributed by atoms with Crippen LogP contribution in [0.15, 0.2) is 24.3 Å². The molecule has 1 unspecified atom stereocenters. The van der Waals surface area contributed by atoms with E-state index in [-0.39, 0.29) is 24.3 Å². The number of piperidine rings is 1. The molecule has 0 bridgehead atoms. The number of aryl methyl sites for hydroxylation is 1. The number of hydrogen-bond donors (Lipinski definition) is 3. The quantitative estimate of drug-likeness (QED) is 0.683. The van der Waals surface area contributed by atoms with Crippen LogP contribution in [0.2, 0.25) is 0 Å². The Hall–Kier alpha value is -2.41. The molecule has 1 aromatic carbocycles. The Morgan fingerprint density at radius 1 is 1.27 bits per heavy atom. The SMILES string of the molecule is Cc1ccccc1CNC(=O)CN1C(=O)NC(C)(C2CCNCC2)C1=O. The predicted molar refractivity (Wildman–Crippen MR) is 97.3 cm³/mol. The van der Waals surface area contributed by atoms with Gasteiger partial charge in [0.2, 0.25) is 5.91 Å². The van der Waals surface area contributed by atoms with Crippen molar-refractivity contribution in [1.82, 2.24) is 20.9 Å². The van der Waals surface area contributed by atoms with Crippen LogP contribution in [0, 0.1) is 12.8 Å². The van der Waals surface area contributed by atoms with Crippen molar-refractivity contribution < 1.29 is 14.4 Å². The molecule has 4 amide bonds. The minimum Gasteiger partial charge on any atom is -0.350 e. The molecule has 1 aromatic rings. The molecule has 2 heterocycles. The monoisotopic (exact) mass is 358 g/mol. The van der Waals surface area contributed by atoms with Gasteiger partial charge in [0.25, 0.3) is 5.91 Å². The first-order chi connectivity index (χ1) is 12.4. The predicted octanol–water partition coefficient (Wildman–Crippen LogP) is 0.921. The molecule has 140 valence electrons. The zero-order valence-corrected chi connectivity index (χ0v) is 15.3. The number of imide groups is 1. The molecule has 7 heteroatoms. The number of carbonyl (C=O) groups excluding carboxylic acids is 3. The maximum absolute atomic E-state index is 12.8. The number of benzene rings is 1. The highest BCUT2D eigenvalue weighted by molar-refractivity contribution is 6.09. The van der Waals surface area contributed by atoms with Crippen LogP contribution < -0.4 is 16.0 Å². The lowest BCUT2D eigenvalue weighted by atomic mass is 9.79. The van der Waals surface area contributed by atoms with Crippen molar-refractivity contribution in [2.24, 2.45) is 5.92 Å². The Balaban J connectivity index is 1.60. The molecule has 3 N–H and O–H groups in total. The fourth-order valence-electron chi connectivity index (χ4n) is 3.74. The molecule has 7 nitrogen and oxygen atoms in total. The van der Waals surface area contributed by atoms with Crippen LogP contribution in [-0.4, -0.2) is 47.9 Å². The first-order valence-corrected chi connectivity index (χ1v) is 9.08. The minimum absolute atomic E-state index is 0.0835. The van der Waals surface area contributed by atoms with Crippen LogP contribution in [0.3, 0.4) is 0 Å². The van der Waals surface area contributed by atoms with E-state index in [1.807, 2.05) is 31.2 Å². The normalized spacial score (nSPS) is 23.8. The van der Waals surface area contributed by atoms with Gasteiger partial charge in [-0.3, -0.25) is 14.5 Å². The molecule has 0 spiro atoms. The number of nitrogens with zero attached hydrogens (tertiary/aromatic N) is 1. The van der Waals surface area contributed by atoms with Crippen LogP contribution in [0.1, 0.15) is 30.9 Å². The highest BCUT2D eigenvalue weighted by Crippen LogP contribution is 2.31. The van der Waals surface area contributed by atoms with E-state index in [1.54, 1.807) is 6.92 Å². The summed E-state index contributed by atoms with van der Waals surface area (Å²) in [4.78, 5) is 38.5. The van der Waals surface area contributed by atoms with Crippen LogP contribution >= 0.6 is 0 Å². The second-order valence-electron chi connectivity index (χ2n) is 7.25. The fraction of sp³-hybridized carbons (Fsp3) is 0.526. The van der Waals surface area contributed by atoms with E-state index < -0.39 is 11.6 Å². The number of rotatable bonds is 5. The van der Waals surface area contributed by atoms with Gasteiger partial charge in [-0.1, -0.05) is 24.3 Å². The van der Waals surface area contributed by atoms with Gasteiger partial charge in [0.15, 0.2) is 0 Å². The maximum Gasteiger partial charge on any atom is 0.325 e. The number of nitrogens with one attached hydrogen (secondary N) is 3. The standard InChI is InChI=1S/C19H26N4O3/c1-13-5-3-4-6-14(13)11-21-16(24)12-23-17(25)19(2,22-18(23)26)15-7-9-20-10-8-15/h3-6,15,20H,7-12H2,1-2H3,(H,21,24)(H,22,26). The van der Waals surface area contributed by atoms with Gasteiger partial charge in [0.1, 0.15) is 12.1 Å². The summed E-state index contributed by atoms with van der Waals surface area (Å²) < 4.78 is 0. The van der Waals surface area contributed by atoms with Crippen molar-refractivity contribution in [3.05, 3.63) is 35.4 Å². The highest BCUT2D eigenvalue weighted by atomic mass is 16.2. The van der Waals surface area contributed by atoms with E-state index in [1.165, 1.54) is 0 Å². The Bertz CT molecular complexity index is 714. The molecule has 0 aromatic heterocycles. The molecule has 3 rings (SSSR count). The third-order valence-electron chi connectivity index (χ3n) is 5.50. The summed E-state index contributed by atoms with van der Waals surface area (Å²) in [6.45, 7) is 5.54. The Labute approximate surface area is 153 Å². The average molecular weight is 358 g/mol. The van der Waals surface area contributed by atoms with Gasteiger partial charge in [-0.2, -0.15) is 0 Å². The molecule has 0 radical (unpaired) electrons. The lowest BCUT2D eigenvalue weighted by Crippen LogP contribution is -2.53. The van der Waals surface area contributed by atoms with Crippen LogP contribution in [0.4, 0.5) is 4.79 Å². The first-order valence-electron chi connectivity index (χ1n) is 9.08. The molecule has 2 saturated heterocycles. The summed E-state index contributed by atoms with van der Waals surface area (Å²) in [6, 6.07) is 7.29. The van der Waals surface area contributed by atoms with Crippen LogP contribution in [0.5, 0.6) is 0 Å². The van der Waals surface area contributed by atoms with Gasteiger partial charge in [0, 0.05) is 6.54 Å². The molecule has 1 atom stereocenters. The highest BCUT2D eigenvalue weighted by Gasteiger charge is 2.52. The number of amides is 4. The molecule has 0 saturated carbocycles. The largest absolute Gasteiger partial charge is 0.350 e. The van der Waals surface area contributed by atoms with Crippen LogP contribution in [0.25, 0.3) is 0 Å². The number of carbonyl (C=O) groups is 3. The Kier molecular flexibility index (Phi) is 5.27. The lowest BCUT2D eigenvalue weighted by Gasteiger charge is -2.34. The van der Waals surface area contributed by atoms with Crippen molar-refractivity contribution >= 4 is 17.8 Å². The average Bonchev–Trinajstić information content (AvgIpc) is 2.86. The van der Waals surface area contributed by atoms with E-state index >= 15 is 0 Å². The molecule has 2 fully saturated rings. The third-order valence-corrected chi connectivity index (χ3v) is 5.50. The van der Waals surface area contributed by atoms with Crippen molar-refractivity contribution in [3.63, 3.8) is 0 Å². The van der Waals surface area contributed by atoms with Gasteiger partial charge in [-0.15, -0.1) is 0 Å². The zero-order valence-electron chi connectivity index (χ0n) is 15.3. The molecule has 0 aliphatic carbocycles. The summed E-state index contributed by atoms with van der Waals surface area (Å²) in [6.07, 6.45) is 1.66. The first kappa shape index (κ1) is 18.4. The Morgan fingerprint density at radius 3 is 2.65 bits per heavy atom. The second kappa shape index (κ2) is 7.45. The Morgan fingerprint density at radius 2 is 1.96 bits per heavy atom. The van der Waals surface area contributed by atoms with E-state index in [4.69, 9.17) is 0 Å². The van der Waals surface area contributed by atoms with Gasteiger partial charge >= 0.3 is 6.03 Å². The number of urea groups is 1. The summed E-state index contributed by atoms with van der Waals surface area (Å²) in [5, 5.41) is 8.87. The zero-order chi connectivity index (χ0) is 18.7. The topological polar surface area (TPSA) is 90.5 Å². The van der Waals surface area contributed by atoms with E-state index in [2.05, 4.69) is 16.0 Å². The van der Waals surface area contributed by atoms with Gasteiger partial charge in [0.05, 0.1) is 0 Å². The van der Waals surface area contributed by atoms with Crippen LogP contribution in [-0.2, 0) is 16.1 Å². The molecular formula is C19H26N4O3. The van der Waals surface area contributed by atoms with E-state index in [0.29, 0.717) is 6.54 Å².